The molecule has 0 saturated carbocycles. The molecular weight excluding hydrogens is 983 g/mol. The summed E-state index contributed by atoms with van der Waals surface area (Å²) in [6.07, 6.45) is 9.09. The zero-order valence-electron chi connectivity index (χ0n) is 43.5. The van der Waals surface area contributed by atoms with Crippen molar-refractivity contribution in [3.05, 3.63) is 131 Å². The molecular formula is C56H65N13O8. The maximum atomic E-state index is 13.8. The summed E-state index contributed by atoms with van der Waals surface area (Å²) in [6, 6.07) is 21.0. The Bertz CT molecular complexity index is 3130. The number of aryl methyl sites for hydroxylation is 2. The summed E-state index contributed by atoms with van der Waals surface area (Å²) in [4.78, 5) is 107. The van der Waals surface area contributed by atoms with Gasteiger partial charge in [0.05, 0.1) is 35.7 Å². The van der Waals surface area contributed by atoms with Gasteiger partial charge in [-0.1, -0.05) is 56.7 Å². The number of anilines is 1. The number of urea groups is 1. The molecule has 4 aromatic heterocycles. The zero-order valence-corrected chi connectivity index (χ0v) is 43.5. The Morgan fingerprint density at radius 3 is 2.45 bits per heavy atom. The number of fused-ring (bicyclic) bond motifs is 2. The lowest BCUT2D eigenvalue weighted by Gasteiger charge is -2.24. The number of imide groups is 1. The van der Waals surface area contributed by atoms with Gasteiger partial charge in [0.2, 0.25) is 11.8 Å². The van der Waals surface area contributed by atoms with E-state index in [0.717, 1.165) is 74.2 Å². The molecule has 7 amide bonds. The maximum absolute atomic E-state index is 13.8. The van der Waals surface area contributed by atoms with E-state index < -0.39 is 30.0 Å². The van der Waals surface area contributed by atoms with E-state index >= 15 is 0 Å². The normalized spacial score (nSPS) is 14.6. The van der Waals surface area contributed by atoms with Crippen molar-refractivity contribution in [3.63, 3.8) is 0 Å². The monoisotopic (exact) mass is 1050 g/mol. The fraction of sp³-hybridized carbons (Fsp3) is 0.375. The number of unbranched alkanes of at least 4 members (excludes halogenated alkanes) is 2. The molecule has 0 bridgehead atoms. The predicted molar refractivity (Wildman–Crippen MR) is 286 cm³/mol. The second kappa shape index (κ2) is 25.8. The van der Waals surface area contributed by atoms with Crippen LogP contribution >= 0.6 is 0 Å². The SMILES string of the molecule is Cc1cccc(-c2[nH]c(CNCc3cccc4c3C(NC(=O)OCc3ccc(NC(=O)[C@H](CCCNC(N)=O)CC(=O)[C@@H](NC(=O)CCCCCN5C(=O)C=CC5=O)C(C)C)cc3)CC4)nc2-c2ccc3ncnn3c2)n1. The summed E-state index contributed by atoms with van der Waals surface area (Å²) < 4.78 is 7.40. The summed E-state index contributed by atoms with van der Waals surface area (Å²) in [5.41, 5.74) is 14.5. The van der Waals surface area contributed by atoms with Crippen molar-refractivity contribution in [1.82, 2.24) is 55.7 Å². The maximum Gasteiger partial charge on any atom is 0.407 e. The Morgan fingerprint density at radius 1 is 0.896 bits per heavy atom. The second-order valence-corrected chi connectivity index (χ2v) is 19.7. The molecule has 2 aromatic carbocycles. The molecule has 1 aliphatic heterocycles. The molecule has 5 heterocycles. The minimum Gasteiger partial charge on any atom is -0.445 e. The summed E-state index contributed by atoms with van der Waals surface area (Å²) in [7, 11) is 0. The van der Waals surface area contributed by atoms with Gasteiger partial charge in [-0.3, -0.25) is 33.9 Å². The number of alkyl carbamates (subject to hydrolysis) is 1. The number of imidazole rings is 1. The van der Waals surface area contributed by atoms with Gasteiger partial charge in [-0.15, -0.1) is 0 Å². The van der Waals surface area contributed by atoms with Gasteiger partial charge in [0.25, 0.3) is 11.8 Å². The molecule has 0 fully saturated rings. The Kier molecular flexibility index (Phi) is 18.3. The first-order chi connectivity index (χ1) is 37.2. The molecule has 8 N–H and O–H groups in total. The van der Waals surface area contributed by atoms with E-state index in [2.05, 4.69) is 53.8 Å². The first-order valence-corrected chi connectivity index (χ1v) is 26.0. The van der Waals surface area contributed by atoms with Crippen LogP contribution in [0.1, 0.15) is 105 Å². The van der Waals surface area contributed by atoms with Crippen molar-refractivity contribution in [2.24, 2.45) is 17.6 Å². The molecule has 1 aliphatic carbocycles. The highest BCUT2D eigenvalue weighted by molar-refractivity contribution is 6.12. The van der Waals surface area contributed by atoms with Gasteiger partial charge in [0.1, 0.15) is 18.8 Å². The van der Waals surface area contributed by atoms with Gasteiger partial charge in [0.15, 0.2) is 11.4 Å². The molecule has 77 heavy (non-hydrogen) atoms. The molecule has 2 aliphatic rings. The minimum absolute atomic E-state index is 0.0225. The van der Waals surface area contributed by atoms with Crippen LogP contribution in [0.3, 0.4) is 0 Å². The average molecular weight is 1050 g/mol. The largest absolute Gasteiger partial charge is 0.445 e. The Labute approximate surface area is 445 Å². The number of nitrogens with zero attached hydrogens (tertiary/aromatic N) is 6. The number of Topliss-reactive ketones (excluding diaryl/α,β-unsaturated/α-hetero) is 1. The lowest BCUT2D eigenvalue weighted by molar-refractivity contribution is -0.137. The Balaban J connectivity index is 0.818. The number of aromatic amines is 1. The van der Waals surface area contributed by atoms with Crippen molar-refractivity contribution in [2.45, 2.75) is 110 Å². The van der Waals surface area contributed by atoms with E-state index in [4.69, 9.17) is 20.4 Å². The van der Waals surface area contributed by atoms with Gasteiger partial charge >= 0.3 is 12.1 Å². The van der Waals surface area contributed by atoms with Crippen LogP contribution in [0.2, 0.25) is 0 Å². The highest BCUT2D eigenvalue weighted by Gasteiger charge is 2.31. The number of nitrogens with two attached hydrogens (primary N) is 1. The third kappa shape index (κ3) is 14.6. The molecule has 1 unspecified atom stereocenters. The molecule has 0 saturated heterocycles. The van der Waals surface area contributed by atoms with Crippen LogP contribution in [-0.4, -0.2) is 95.1 Å². The van der Waals surface area contributed by atoms with Crippen molar-refractivity contribution in [3.8, 4) is 22.6 Å². The first-order valence-electron chi connectivity index (χ1n) is 26.0. The van der Waals surface area contributed by atoms with Crippen LogP contribution in [-0.2, 0) is 54.8 Å². The first kappa shape index (κ1) is 54.7. The van der Waals surface area contributed by atoms with Gasteiger partial charge in [-0.05, 0) is 110 Å². The number of benzene rings is 2. The fourth-order valence-corrected chi connectivity index (χ4v) is 9.69. The summed E-state index contributed by atoms with van der Waals surface area (Å²) in [6.45, 7) is 6.99. The number of carbonyl (C=O) groups is 7. The van der Waals surface area contributed by atoms with Gasteiger partial charge < -0.3 is 42.0 Å². The molecule has 21 heteroatoms. The van der Waals surface area contributed by atoms with Crippen molar-refractivity contribution >= 4 is 52.9 Å². The number of primary amides is 1. The number of hydrogen-bond acceptors (Lipinski definition) is 13. The van der Waals surface area contributed by atoms with Crippen LogP contribution < -0.4 is 32.3 Å². The number of carbonyl (C=O) groups excluding carboxylic acids is 7. The van der Waals surface area contributed by atoms with E-state index in [0.29, 0.717) is 50.0 Å². The van der Waals surface area contributed by atoms with Crippen molar-refractivity contribution in [2.75, 3.05) is 18.4 Å². The average Bonchev–Trinajstić information content (AvgIpc) is 4.26. The van der Waals surface area contributed by atoms with Crippen LogP contribution in [0.5, 0.6) is 0 Å². The standard InChI is InChI=1S/C56H65N13O8/c1-34(2)51(67-47(71)15-5-4-6-27-68-48(72)24-25-49(68)73)44(70)28-38(13-9-26-59-55(57)75)54(74)63-41-20-16-36(17-21-41)32-77-56(76)64-42-22-18-37-11-8-12-39(50(37)42)29-58-30-45-65-52(40-19-23-46-60-33-61-69(46)31-40)53(66-45)43-14-7-10-35(3)62-43/h7-8,10-12,14,16-17,19-21,23-25,31,33-34,38,42,51,58H,4-6,9,13,15,18,22,26-30,32H2,1-3H3,(H,63,74)(H,64,76)(H,65,66)(H,67,71)(H3,57,59,75)/t38-,42?,51+/m1/s1. The summed E-state index contributed by atoms with van der Waals surface area (Å²) >= 11 is 0. The third-order valence-electron chi connectivity index (χ3n) is 13.6. The number of rotatable bonds is 26. The Morgan fingerprint density at radius 2 is 1.69 bits per heavy atom. The summed E-state index contributed by atoms with van der Waals surface area (Å²) in [5, 5.41) is 19.2. The number of nitrogens with one attached hydrogen (secondary N) is 6. The van der Waals surface area contributed by atoms with Crippen LogP contribution in [0, 0.1) is 18.8 Å². The number of hydrogen-bond donors (Lipinski definition) is 7. The van der Waals surface area contributed by atoms with Crippen molar-refractivity contribution < 1.29 is 38.3 Å². The number of ketones is 1. The molecule has 3 atom stereocenters. The number of amides is 7. The van der Waals surface area contributed by atoms with E-state index in [1.54, 1.807) is 28.8 Å². The van der Waals surface area contributed by atoms with Gasteiger partial charge in [-0.2, -0.15) is 5.10 Å². The lowest BCUT2D eigenvalue weighted by atomic mass is 9.89. The smallest absolute Gasteiger partial charge is 0.407 e. The second-order valence-electron chi connectivity index (χ2n) is 19.7. The molecule has 8 rings (SSSR count). The van der Waals surface area contributed by atoms with E-state index in [1.807, 2.05) is 63.4 Å². The highest BCUT2D eigenvalue weighted by Crippen LogP contribution is 2.35. The summed E-state index contributed by atoms with van der Waals surface area (Å²) in [5.74, 6) is -2.05. The van der Waals surface area contributed by atoms with E-state index in [1.165, 1.54) is 18.5 Å². The van der Waals surface area contributed by atoms with Crippen LogP contribution in [0.4, 0.5) is 15.3 Å². The minimum atomic E-state index is -0.842. The molecule has 21 nitrogen and oxygen atoms in total. The number of ether oxygens (including phenoxy) is 1. The van der Waals surface area contributed by atoms with E-state index in [9.17, 15) is 33.6 Å². The molecule has 6 aromatic rings. The third-order valence-corrected chi connectivity index (χ3v) is 13.6. The fourth-order valence-electron chi connectivity index (χ4n) is 9.69. The topological polar surface area (TPSA) is 290 Å². The number of aromatic nitrogens is 6. The highest BCUT2D eigenvalue weighted by atomic mass is 16.5. The number of H-pyrrole nitrogens is 1. The zero-order chi connectivity index (χ0) is 54.4. The lowest BCUT2D eigenvalue weighted by Crippen LogP contribution is -2.45. The van der Waals surface area contributed by atoms with Crippen LogP contribution in [0.15, 0.2) is 97.5 Å². The van der Waals surface area contributed by atoms with Gasteiger partial charge in [-0.25, -0.2) is 24.1 Å². The quantitative estimate of drug-likeness (QED) is 0.0233. The Hall–Kier alpha value is -8.59. The van der Waals surface area contributed by atoms with Crippen LogP contribution in [0.25, 0.3) is 28.3 Å². The van der Waals surface area contributed by atoms with Gasteiger partial charge in [0, 0.05) is 73.7 Å². The van der Waals surface area contributed by atoms with E-state index in [-0.39, 0.29) is 74.4 Å². The molecule has 402 valence electrons. The van der Waals surface area contributed by atoms with Crippen molar-refractivity contribution in [1.29, 1.82) is 0 Å². The predicted octanol–water partition coefficient (Wildman–Crippen LogP) is 6.28. The molecule has 0 radical (unpaired) electrons. The molecule has 0 spiro atoms. The number of pyridine rings is 2.